The number of hydrogen-bond acceptors (Lipinski definition) is 5. The number of nitrogens with zero attached hydrogens (tertiary/aromatic N) is 1. The van der Waals surface area contributed by atoms with Crippen molar-refractivity contribution in [1.29, 1.82) is 0 Å². The van der Waals surface area contributed by atoms with Crippen molar-refractivity contribution in [3.8, 4) is 0 Å². The molecule has 5 aromatic carbocycles. The monoisotopic (exact) mass is 705 g/mol. The maximum absolute atomic E-state index is 12.0. The zero-order valence-electron chi connectivity index (χ0n) is 32.3. The average molecular weight is 706 g/mol. The number of ether oxygens (including phenoxy) is 2. The number of carbonyl (C=O) groups is 2. The molecule has 0 bridgehead atoms. The first-order valence-electron chi connectivity index (χ1n) is 18.2. The predicted molar refractivity (Wildman–Crippen MR) is 217 cm³/mol. The fourth-order valence-electron chi connectivity index (χ4n) is 6.29. The summed E-state index contributed by atoms with van der Waals surface area (Å²) >= 11 is 0. The normalized spacial score (nSPS) is 13.3. The van der Waals surface area contributed by atoms with Gasteiger partial charge in [0.2, 0.25) is 0 Å². The summed E-state index contributed by atoms with van der Waals surface area (Å²) in [6.07, 6.45) is -0.697. The molecule has 0 saturated heterocycles. The second-order valence-corrected chi connectivity index (χ2v) is 14.2. The third-order valence-corrected chi connectivity index (χ3v) is 10.1. The topological polar surface area (TPSA) is 55.8 Å². The van der Waals surface area contributed by atoms with E-state index in [1.54, 1.807) is 13.8 Å². The quantitative estimate of drug-likeness (QED) is 0.0901. The van der Waals surface area contributed by atoms with E-state index in [2.05, 4.69) is 137 Å². The summed E-state index contributed by atoms with van der Waals surface area (Å²) in [5, 5.41) is 0. The van der Waals surface area contributed by atoms with Crippen LogP contribution < -0.4 is 4.90 Å². The highest BCUT2D eigenvalue weighted by molar-refractivity contribution is 5.87. The Hall–Kier alpha value is -5.68. The first kappa shape index (κ1) is 38.5. The lowest BCUT2D eigenvalue weighted by atomic mass is 9.91. The first-order valence-corrected chi connectivity index (χ1v) is 18.2. The number of carbonyl (C=O) groups excluding carboxylic acids is 2. The molecule has 5 aromatic rings. The fraction of sp³-hybridized carbons (Fsp3) is 0.250. The standard InChI is InChI=1S/C48H51NO4/c1-30(2)47(50)52-36(9)42-16-12-38(13-17-42)34(7)40-20-25-44(26-21-40)49(46-24-11-32(5)33(6)29-46)45-27-22-41(23-28-45)35(8)39-14-18-43(19-15-39)37(10)53-48(51)31(3)4/h11-29,34-37H,1,3H2,2,4-10H3. The summed E-state index contributed by atoms with van der Waals surface area (Å²) in [7, 11) is 0. The van der Waals surface area contributed by atoms with E-state index in [1.807, 2.05) is 38.1 Å². The third kappa shape index (κ3) is 9.22. The van der Waals surface area contributed by atoms with E-state index in [0.29, 0.717) is 11.1 Å². The molecule has 0 spiro atoms. The molecule has 0 saturated carbocycles. The van der Waals surface area contributed by atoms with Crippen LogP contribution >= 0.6 is 0 Å². The van der Waals surface area contributed by atoms with Crippen molar-refractivity contribution < 1.29 is 19.1 Å². The van der Waals surface area contributed by atoms with Crippen molar-refractivity contribution in [2.45, 2.75) is 79.4 Å². The number of anilines is 3. The number of esters is 2. The van der Waals surface area contributed by atoms with Crippen LogP contribution in [0.2, 0.25) is 0 Å². The smallest absolute Gasteiger partial charge is 0.333 e. The molecule has 0 radical (unpaired) electrons. The molecule has 0 aliphatic rings. The molecule has 5 heteroatoms. The molecule has 4 unspecified atom stereocenters. The van der Waals surface area contributed by atoms with Crippen molar-refractivity contribution in [1.82, 2.24) is 0 Å². The lowest BCUT2D eigenvalue weighted by Gasteiger charge is -2.27. The average Bonchev–Trinajstić information content (AvgIpc) is 3.16. The zero-order chi connectivity index (χ0) is 38.4. The van der Waals surface area contributed by atoms with Crippen LogP contribution in [0.25, 0.3) is 0 Å². The number of benzene rings is 5. The second kappa shape index (κ2) is 16.8. The van der Waals surface area contributed by atoms with E-state index < -0.39 is 0 Å². The van der Waals surface area contributed by atoms with E-state index in [9.17, 15) is 9.59 Å². The van der Waals surface area contributed by atoms with Crippen LogP contribution in [0.4, 0.5) is 17.1 Å². The molecule has 0 aliphatic carbocycles. The lowest BCUT2D eigenvalue weighted by molar-refractivity contribution is -0.144. The Morgan fingerprint density at radius 2 is 0.774 bits per heavy atom. The van der Waals surface area contributed by atoms with Crippen LogP contribution in [0.5, 0.6) is 0 Å². The Bertz CT molecular complexity index is 1950. The maximum Gasteiger partial charge on any atom is 0.333 e. The summed E-state index contributed by atoms with van der Waals surface area (Å²) in [6.45, 7) is 23.1. The summed E-state index contributed by atoms with van der Waals surface area (Å²) < 4.78 is 11.0. The largest absolute Gasteiger partial charge is 0.454 e. The van der Waals surface area contributed by atoms with Gasteiger partial charge in [0.1, 0.15) is 12.2 Å². The van der Waals surface area contributed by atoms with Gasteiger partial charge in [0.25, 0.3) is 0 Å². The minimum Gasteiger partial charge on any atom is -0.454 e. The minimum atomic E-state index is -0.381. The van der Waals surface area contributed by atoms with Gasteiger partial charge in [-0.2, -0.15) is 0 Å². The summed E-state index contributed by atoms with van der Waals surface area (Å²) in [5.74, 6) is -0.417. The van der Waals surface area contributed by atoms with Crippen LogP contribution in [-0.2, 0) is 19.1 Å². The Kier molecular flexibility index (Phi) is 12.2. The van der Waals surface area contributed by atoms with E-state index in [1.165, 1.54) is 33.4 Å². The van der Waals surface area contributed by atoms with Gasteiger partial charge in [0.05, 0.1) is 0 Å². The Labute approximate surface area is 315 Å². The molecule has 5 nitrogen and oxygen atoms in total. The molecular weight excluding hydrogens is 655 g/mol. The van der Waals surface area contributed by atoms with Crippen molar-refractivity contribution in [3.63, 3.8) is 0 Å². The van der Waals surface area contributed by atoms with Crippen LogP contribution in [0, 0.1) is 13.8 Å². The molecule has 0 aliphatic heterocycles. The minimum absolute atomic E-state index is 0.172. The molecule has 0 heterocycles. The molecule has 0 fully saturated rings. The second-order valence-electron chi connectivity index (χ2n) is 14.2. The van der Waals surface area contributed by atoms with Gasteiger partial charge in [0, 0.05) is 40.0 Å². The molecule has 53 heavy (non-hydrogen) atoms. The van der Waals surface area contributed by atoms with Gasteiger partial charge in [-0.3, -0.25) is 0 Å². The Morgan fingerprint density at radius 3 is 1.09 bits per heavy atom. The molecule has 0 amide bonds. The number of aryl methyl sites for hydroxylation is 2. The Balaban J connectivity index is 1.36. The predicted octanol–water partition coefficient (Wildman–Crippen LogP) is 12.4. The van der Waals surface area contributed by atoms with Crippen molar-refractivity contribution in [2.75, 3.05) is 4.90 Å². The molecule has 4 atom stereocenters. The summed E-state index contributed by atoms with van der Waals surface area (Å²) in [5.41, 5.74) is 13.2. The maximum atomic E-state index is 12.0. The van der Waals surface area contributed by atoms with E-state index in [-0.39, 0.29) is 36.0 Å². The molecule has 0 N–H and O–H groups in total. The Morgan fingerprint density at radius 1 is 0.472 bits per heavy atom. The molecule has 272 valence electrons. The van der Waals surface area contributed by atoms with Crippen LogP contribution in [0.15, 0.2) is 140 Å². The van der Waals surface area contributed by atoms with Gasteiger partial charge in [-0.15, -0.1) is 0 Å². The third-order valence-electron chi connectivity index (χ3n) is 10.1. The van der Waals surface area contributed by atoms with Gasteiger partial charge in [-0.25, -0.2) is 9.59 Å². The van der Waals surface area contributed by atoms with Gasteiger partial charge < -0.3 is 14.4 Å². The summed E-state index contributed by atoms with van der Waals surface area (Å²) in [4.78, 5) is 26.3. The molecule has 0 aromatic heterocycles. The molecular formula is C48H51NO4. The fourth-order valence-corrected chi connectivity index (χ4v) is 6.29. The van der Waals surface area contributed by atoms with E-state index in [4.69, 9.17) is 9.47 Å². The van der Waals surface area contributed by atoms with Crippen LogP contribution in [0.3, 0.4) is 0 Å². The number of hydrogen-bond donors (Lipinski definition) is 0. The van der Waals surface area contributed by atoms with Crippen molar-refractivity contribution in [3.05, 3.63) is 184 Å². The highest BCUT2D eigenvalue weighted by atomic mass is 16.5. The zero-order valence-corrected chi connectivity index (χ0v) is 32.3. The van der Waals surface area contributed by atoms with Gasteiger partial charge in [-0.05, 0) is 122 Å². The lowest BCUT2D eigenvalue weighted by Crippen LogP contribution is -2.11. The van der Waals surface area contributed by atoms with Crippen molar-refractivity contribution in [2.24, 2.45) is 0 Å². The van der Waals surface area contributed by atoms with E-state index >= 15 is 0 Å². The highest BCUT2D eigenvalue weighted by Gasteiger charge is 2.18. The number of rotatable bonds is 13. The van der Waals surface area contributed by atoms with Gasteiger partial charge in [-0.1, -0.05) is 106 Å². The van der Waals surface area contributed by atoms with Gasteiger partial charge in [0.15, 0.2) is 0 Å². The first-order chi connectivity index (χ1) is 25.2. The molecule has 5 rings (SSSR count). The van der Waals surface area contributed by atoms with Crippen LogP contribution in [-0.4, -0.2) is 11.9 Å². The van der Waals surface area contributed by atoms with Crippen molar-refractivity contribution >= 4 is 29.0 Å². The van der Waals surface area contributed by atoms with Gasteiger partial charge >= 0.3 is 11.9 Å². The highest BCUT2D eigenvalue weighted by Crippen LogP contribution is 2.38. The van der Waals surface area contributed by atoms with E-state index in [0.717, 1.165) is 28.2 Å². The van der Waals surface area contributed by atoms with Crippen LogP contribution in [0.1, 0.15) is 110 Å². The summed E-state index contributed by atoms with van der Waals surface area (Å²) in [6, 6.07) is 40.8. The SMILES string of the molecule is C=C(C)C(=O)OC(C)c1ccc(C(C)c2ccc(N(c3ccc(C(C)c4ccc(C(C)OC(=O)C(=C)C)cc4)cc3)c3ccc(C)c(C)c3)cc2)cc1.